The molecule has 1 heterocycles. The average Bonchev–Trinajstić information content (AvgIpc) is 2.61. The maximum Gasteiger partial charge on any atom is 0.243 e. The van der Waals surface area contributed by atoms with Gasteiger partial charge in [-0.2, -0.15) is 0 Å². The molecule has 1 aliphatic rings. The summed E-state index contributed by atoms with van der Waals surface area (Å²) >= 11 is 0. The molecule has 4 nitrogen and oxygen atoms in total. The Hall–Kier alpha value is -1.39. The lowest BCUT2D eigenvalue weighted by molar-refractivity contribution is -0.123. The van der Waals surface area contributed by atoms with Gasteiger partial charge in [0.05, 0.1) is 0 Å². The van der Waals surface area contributed by atoms with Crippen LogP contribution in [0.4, 0.5) is 5.69 Å². The fraction of sp³-hybridized carbons (Fsp3) is 0.667. The van der Waals surface area contributed by atoms with E-state index >= 15 is 0 Å². The second kappa shape index (κ2) is 9.93. The van der Waals surface area contributed by atoms with Crippen molar-refractivity contribution in [1.82, 2.24) is 9.80 Å². The number of rotatable bonds is 8. The van der Waals surface area contributed by atoms with Crippen molar-refractivity contribution >= 4 is 11.6 Å². The third kappa shape index (κ3) is 5.55. The molecule has 0 saturated carbocycles. The van der Waals surface area contributed by atoms with Crippen molar-refractivity contribution in [3.8, 4) is 0 Å². The molecule has 1 aromatic rings. The first-order valence-electron chi connectivity index (χ1n) is 9.90. The number of hydrogen-bond donors (Lipinski definition) is 1. The van der Waals surface area contributed by atoms with Crippen molar-refractivity contribution in [3.63, 3.8) is 0 Å². The summed E-state index contributed by atoms with van der Waals surface area (Å²) < 4.78 is 0. The molecular weight excluding hydrogens is 310 g/mol. The predicted molar refractivity (Wildman–Crippen MR) is 106 cm³/mol. The Bertz CT molecular complexity index is 538. The first-order chi connectivity index (χ1) is 12.1. The molecule has 1 N–H and O–H groups in total. The first kappa shape index (κ1) is 19.9. The van der Waals surface area contributed by atoms with Crippen LogP contribution in [0.5, 0.6) is 0 Å². The van der Waals surface area contributed by atoms with Gasteiger partial charge in [-0.3, -0.25) is 14.6 Å². The van der Waals surface area contributed by atoms with Gasteiger partial charge in [-0.15, -0.1) is 0 Å². The fourth-order valence-electron chi connectivity index (χ4n) is 3.56. The third-order valence-electron chi connectivity index (χ3n) is 5.23. The number of unbranched alkanes of at least 4 members (excludes halogenated alkanes) is 2. The standard InChI is InChI=1S/C21H35N3O/c1-5-7-12-23-14-15-24(13-8-6-2)19(16-23)21(25)22-20-17(3)10-9-11-18(20)4/h9-11,19H,5-8,12-16H2,1-4H3,(H,22,25). The molecule has 1 unspecified atom stereocenters. The monoisotopic (exact) mass is 345 g/mol. The number of anilines is 1. The Morgan fingerprint density at radius 3 is 2.36 bits per heavy atom. The van der Waals surface area contributed by atoms with E-state index < -0.39 is 0 Å². The molecule has 0 aliphatic carbocycles. The summed E-state index contributed by atoms with van der Waals surface area (Å²) in [5.41, 5.74) is 3.24. The highest BCUT2D eigenvalue weighted by Crippen LogP contribution is 2.21. The van der Waals surface area contributed by atoms with E-state index in [0.717, 1.165) is 56.0 Å². The zero-order valence-electron chi connectivity index (χ0n) is 16.5. The molecule has 25 heavy (non-hydrogen) atoms. The summed E-state index contributed by atoms with van der Waals surface area (Å²) in [6.07, 6.45) is 4.74. The van der Waals surface area contributed by atoms with Crippen LogP contribution in [0.1, 0.15) is 50.7 Å². The summed E-state index contributed by atoms with van der Waals surface area (Å²) in [6.45, 7) is 13.6. The Morgan fingerprint density at radius 2 is 1.72 bits per heavy atom. The summed E-state index contributed by atoms with van der Waals surface area (Å²) in [6, 6.07) is 6.12. The van der Waals surface area contributed by atoms with Crippen LogP contribution in [-0.4, -0.2) is 54.5 Å². The topological polar surface area (TPSA) is 35.6 Å². The second-order valence-corrected chi connectivity index (χ2v) is 7.32. The van der Waals surface area contributed by atoms with Gasteiger partial charge in [-0.25, -0.2) is 0 Å². The minimum absolute atomic E-state index is 0.0452. The highest BCUT2D eigenvalue weighted by Gasteiger charge is 2.32. The molecule has 140 valence electrons. The highest BCUT2D eigenvalue weighted by molar-refractivity contribution is 5.96. The molecule has 4 heteroatoms. The van der Waals surface area contributed by atoms with E-state index in [2.05, 4.69) is 54.9 Å². The quantitative estimate of drug-likeness (QED) is 0.778. The summed E-state index contributed by atoms with van der Waals surface area (Å²) in [4.78, 5) is 17.9. The van der Waals surface area contributed by atoms with Crippen molar-refractivity contribution in [2.75, 3.05) is 38.0 Å². The predicted octanol–water partition coefficient (Wildman–Crippen LogP) is 3.83. The van der Waals surface area contributed by atoms with Crippen LogP contribution in [-0.2, 0) is 4.79 Å². The van der Waals surface area contributed by atoms with Gasteiger partial charge >= 0.3 is 0 Å². The number of amides is 1. The number of benzene rings is 1. The second-order valence-electron chi connectivity index (χ2n) is 7.32. The van der Waals surface area contributed by atoms with Gasteiger partial charge in [0.2, 0.25) is 5.91 Å². The van der Waals surface area contributed by atoms with Crippen LogP contribution in [0.15, 0.2) is 18.2 Å². The number of nitrogens with one attached hydrogen (secondary N) is 1. The van der Waals surface area contributed by atoms with E-state index in [0.29, 0.717) is 0 Å². The SMILES string of the molecule is CCCCN1CCN(CCCC)C(C(=O)Nc2c(C)cccc2C)C1. The minimum atomic E-state index is -0.0452. The van der Waals surface area contributed by atoms with E-state index in [1.54, 1.807) is 0 Å². The molecule has 1 atom stereocenters. The van der Waals surface area contributed by atoms with Gasteiger partial charge < -0.3 is 5.32 Å². The van der Waals surface area contributed by atoms with Gasteiger partial charge in [0.25, 0.3) is 0 Å². The van der Waals surface area contributed by atoms with E-state index in [9.17, 15) is 4.79 Å². The van der Waals surface area contributed by atoms with Gasteiger partial charge in [-0.1, -0.05) is 44.9 Å². The van der Waals surface area contributed by atoms with Crippen molar-refractivity contribution in [2.24, 2.45) is 0 Å². The molecule has 0 spiro atoms. The largest absolute Gasteiger partial charge is 0.324 e. The molecule has 2 rings (SSSR count). The number of aryl methyl sites for hydroxylation is 2. The Morgan fingerprint density at radius 1 is 1.08 bits per heavy atom. The molecule has 1 aliphatic heterocycles. The molecule has 1 amide bonds. The molecule has 0 bridgehead atoms. The van der Waals surface area contributed by atoms with Crippen LogP contribution >= 0.6 is 0 Å². The lowest BCUT2D eigenvalue weighted by Crippen LogP contribution is -2.58. The van der Waals surface area contributed by atoms with E-state index in [4.69, 9.17) is 0 Å². The zero-order valence-corrected chi connectivity index (χ0v) is 16.5. The number of nitrogens with zero attached hydrogens (tertiary/aromatic N) is 2. The molecule has 1 saturated heterocycles. The number of para-hydroxylation sites is 1. The van der Waals surface area contributed by atoms with Crippen LogP contribution in [0, 0.1) is 13.8 Å². The number of carbonyl (C=O) groups excluding carboxylic acids is 1. The summed E-state index contributed by atoms with van der Waals surface area (Å²) in [7, 11) is 0. The first-order valence-corrected chi connectivity index (χ1v) is 9.90. The van der Waals surface area contributed by atoms with Crippen molar-refractivity contribution in [3.05, 3.63) is 29.3 Å². The van der Waals surface area contributed by atoms with Crippen LogP contribution < -0.4 is 5.32 Å². The van der Waals surface area contributed by atoms with Crippen LogP contribution in [0.25, 0.3) is 0 Å². The van der Waals surface area contributed by atoms with Gasteiger partial charge in [0, 0.05) is 25.3 Å². The maximum absolute atomic E-state index is 13.1. The number of hydrogen-bond acceptors (Lipinski definition) is 3. The van der Waals surface area contributed by atoms with Gasteiger partial charge in [0.1, 0.15) is 6.04 Å². The van der Waals surface area contributed by atoms with Crippen LogP contribution in [0.2, 0.25) is 0 Å². The lowest BCUT2D eigenvalue weighted by Gasteiger charge is -2.40. The average molecular weight is 346 g/mol. The molecule has 1 fully saturated rings. The fourth-order valence-corrected chi connectivity index (χ4v) is 3.56. The zero-order chi connectivity index (χ0) is 18.2. The molecular formula is C21H35N3O. The van der Waals surface area contributed by atoms with Crippen LogP contribution in [0.3, 0.4) is 0 Å². The normalized spacial score (nSPS) is 19.1. The Labute approximate surface area is 153 Å². The summed E-state index contributed by atoms with van der Waals surface area (Å²) in [5.74, 6) is 0.148. The van der Waals surface area contributed by atoms with Crippen molar-refractivity contribution in [1.29, 1.82) is 0 Å². The van der Waals surface area contributed by atoms with E-state index in [-0.39, 0.29) is 11.9 Å². The van der Waals surface area contributed by atoms with Gasteiger partial charge in [-0.05, 0) is 50.9 Å². The molecule has 0 aromatic heterocycles. The van der Waals surface area contributed by atoms with E-state index in [1.165, 1.54) is 19.3 Å². The Kier molecular flexibility index (Phi) is 7.91. The maximum atomic E-state index is 13.1. The third-order valence-corrected chi connectivity index (χ3v) is 5.23. The van der Waals surface area contributed by atoms with E-state index in [1.807, 2.05) is 6.07 Å². The van der Waals surface area contributed by atoms with Crippen molar-refractivity contribution < 1.29 is 4.79 Å². The smallest absolute Gasteiger partial charge is 0.243 e. The lowest BCUT2D eigenvalue weighted by atomic mass is 10.1. The minimum Gasteiger partial charge on any atom is -0.324 e. The summed E-state index contributed by atoms with van der Waals surface area (Å²) in [5, 5.41) is 3.22. The van der Waals surface area contributed by atoms with Gasteiger partial charge in [0.15, 0.2) is 0 Å². The Balaban J connectivity index is 2.09. The molecule has 0 radical (unpaired) electrons. The molecule has 1 aromatic carbocycles. The number of carbonyl (C=O) groups is 1. The van der Waals surface area contributed by atoms with Crippen molar-refractivity contribution in [2.45, 2.75) is 59.4 Å². The number of piperazine rings is 1. The highest BCUT2D eigenvalue weighted by atomic mass is 16.2.